The highest BCUT2D eigenvalue weighted by Gasteiger charge is 2.27. The van der Waals surface area contributed by atoms with E-state index in [2.05, 4.69) is 37.6 Å². The van der Waals surface area contributed by atoms with Crippen LogP contribution >= 0.6 is 11.8 Å². The van der Waals surface area contributed by atoms with Crippen molar-refractivity contribution in [3.63, 3.8) is 0 Å². The standard InChI is InChI=1S/C11H17N7S/c1-2-3-6-18-9(13-16-17-18)7-19-11-12-10(14-15-11)8-4-5-8/h8H,2-7H2,1H3,(H,12,14,15). The maximum Gasteiger partial charge on any atom is 0.208 e. The molecule has 2 heterocycles. The van der Waals surface area contributed by atoms with Crippen LogP contribution in [-0.4, -0.2) is 35.4 Å². The molecule has 0 atom stereocenters. The molecule has 0 saturated heterocycles. The summed E-state index contributed by atoms with van der Waals surface area (Å²) >= 11 is 1.57. The summed E-state index contributed by atoms with van der Waals surface area (Å²) in [5.41, 5.74) is 0. The molecule has 1 saturated carbocycles. The second-order valence-electron chi connectivity index (χ2n) is 4.74. The van der Waals surface area contributed by atoms with Gasteiger partial charge in [0.1, 0.15) is 5.82 Å². The van der Waals surface area contributed by atoms with Crippen LogP contribution in [-0.2, 0) is 12.3 Å². The Morgan fingerprint density at radius 2 is 2.32 bits per heavy atom. The van der Waals surface area contributed by atoms with Crippen molar-refractivity contribution in [1.29, 1.82) is 0 Å². The van der Waals surface area contributed by atoms with Gasteiger partial charge in [-0.2, -0.15) is 0 Å². The fraction of sp³-hybridized carbons (Fsp3) is 0.727. The number of thioether (sulfide) groups is 1. The molecule has 0 radical (unpaired) electrons. The summed E-state index contributed by atoms with van der Waals surface area (Å²) < 4.78 is 1.87. The van der Waals surface area contributed by atoms with Gasteiger partial charge in [-0.3, -0.25) is 5.10 Å². The van der Waals surface area contributed by atoms with Crippen molar-refractivity contribution in [3.8, 4) is 0 Å². The maximum absolute atomic E-state index is 4.48. The third-order valence-corrected chi connectivity index (χ3v) is 3.95. The summed E-state index contributed by atoms with van der Waals surface area (Å²) in [7, 11) is 0. The summed E-state index contributed by atoms with van der Waals surface area (Å²) in [6.07, 6.45) is 4.69. The number of aryl methyl sites for hydroxylation is 1. The van der Waals surface area contributed by atoms with Gasteiger partial charge in [-0.15, -0.1) is 10.2 Å². The molecule has 1 aliphatic rings. The molecule has 2 aromatic rings. The largest absolute Gasteiger partial charge is 0.262 e. The Labute approximate surface area is 115 Å². The Morgan fingerprint density at radius 3 is 3.11 bits per heavy atom. The van der Waals surface area contributed by atoms with E-state index in [0.29, 0.717) is 11.7 Å². The Kier molecular flexibility index (Phi) is 3.77. The smallest absolute Gasteiger partial charge is 0.208 e. The average Bonchev–Trinajstić information content (AvgIpc) is 3.01. The molecule has 19 heavy (non-hydrogen) atoms. The lowest BCUT2D eigenvalue weighted by atomic mass is 10.3. The lowest BCUT2D eigenvalue weighted by molar-refractivity contribution is 0.540. The molecule has 7 nitrogen and oxygen atoms in total. The summed E-state index contributed by atoms with van der Waals surface area (Å²) in [6, 6.07) is 0. The molecule has 1 N–H and O–H groups in total. The van der Waals surface area contributed by atoms with E-state index in [9.17, 15) is 0 Å². The highest BCUT2D eigenvalue weighted by molar-refractivity contribution is 7.98. The van der Waals surface area contributed by atoms with Gasteiger partial charge in [0.25, 0.3) is 0 Å². The lowest BCUT2D eigenvalue weighted by Gasteiger charge is -2.01. The number of tetrazole rings is 1. The van der Waals surface area contributed by atoms with Crippen molar-refractivity contribution in [2.75, 3.05) is 0 Å². The second kappa shape index (κ2) is 5.68. The third kappa shape index (κ3) is 3.12. The van der Waals surface area contributed by atoms with E-state index in [0.717, 1.165) is 36.2 Å². The maximum atomic E-state index is 4.48. The van der Waals surface area contributed by atoms with Crippen molar-refractivity contribution in [3.05, 3.63) is 11.6 Å². The van der Waals surface area contributed by atoms with Gasteiger partial charge in [0.15, 0.2) is 5.82 Å². The molecule has 0 amide bonds. The van der Waals surface area contributed by atoms with Crippen LogP contribution in [0.1, 0.15) is 50.2 Å². The Bertz CT molecular complexity index is 531. The van der Waals surface area contributed by atoms with Crippen LogP contribution < -0.4 is 0 Å². The van der Waals surface area contributed by atoms with Crippen LogP contribution in [0.5, 0.6) is 0 Å². The van der Waals surface area contributed by atoms with E-state index in [1.807, 2.05) is 4.68 Å². The fourth-order valence-corrected chi connectivity index (χ4v) is 2.54. The molecular formula is C11H17N7S. The number of nitrogens with zero attached hydrogens (tertiary/aromatic N) is 6. The van der Waals surface area contributed by atoms with Gasteiger partial charge in [-0.05, 0) is 29.7 Å². The van der Waals surface area contributed by atoms with Crippen LogP contribution in [0.2, 0.25) is 0 Å². The molecule has 102 valence electrons. The number of unbranched alkanes of at least 4 members (excludes halogenated alkanes) is 1. The molecule has 2 aromatic heterocycles. The van der Waals surface area contributed by atoms with E-state index < -0.39 is 0 Å². The molecule has 0 aliphatic heterocycles. The molecular weight excluding hydrogens is 262 g/mol. The van der Waals surface area contributed by atoms with Crippen molar-refractivity contribution in [2.24, 2.45) is 0 Å². The van der Waals surface area contributed by atoms with Gasteiger partial charge >= 0.3 is 0 Å². The molecule has 0 aromatic carbocycles. The normalized spacial score (nSPS) is 15.0. The first kappa shape index (κ1) is 12.6. The van der Waals surface area contributed by atoms with Crippen molar-refractivity contribution in [1.82, 2.24) is 35.4 Å². The minimum absolute atomic E-state index is 0.608. The lowest BCUT2D eigenvalue weighted by Crippen LogP contribution is -2.05. The SMILES string of the molecule is CCCCn1nnnc1CSc1n[nH]c(C2CC2)n1. The zero-order valence-corrected chi connectivity index (χ0v) is 11.7. The number of hydrogen-bond acceptors (Lipinski definition) is 6. The topological polar surface area (TPSA) is 85.2 Å². The predicted molar refractivity (Wildman–Crippen MR) is 70.6 cm³/mol. The summed E-state index contributed by atoms with van der Waals surface area (Å²) in [5.74, 6) is 3.22. The van der Waals surface area contributed by atoms with E-state index in [1.165, 1.54) is 12.8 Å². The third-order valence-electron chi connectivity index (χ3n) is 3.11. The highest BCUT2D eigenvalue weighted by atomic mass is 32.2. The quantitative estimate of drug-likeness (QED) is 0.777. The number of H-pyrrole nitrogens is 1. The first-order chi connectivity index (χ1) is 9.36. The van der Waals surface area contributed by atoms with Crippen LogP contribution in [0.4, 0.5) is 0 Å². The van der Waals surface area contributed by atoms with E-state index in [4.69, 9.17) is 0 Å². The van der Waals surface area contributed by atoms with Crippen molar-refractivity contribution >= 4 is 11.8 Å². The van der Waals surface area contributed by atoms with Gasteiger partial charge in [-0.25, -0.2) is 9.67 Å². The highest BCUT2D eigenvalue weighted by Crippen LogP contribution is 2.38. The minimum Gasteiger partial charge on any atom is -0.262 e. The van der Waals surface area contributed by atoms with E-state index in [-0.39, 0.29) is 0 Å². The number of rotatable bonds is 7. The molecule has 8 heteroatoms. The number of nitrogens with one attached hydrogen (secondary N) is 1. The van der Waals surface area contributed by atoms with Crippen molar-refractivity contribution in [2.45, 2.75) is 56.0 Å². The minimum atomic E-state index is 0.608. The zero-order chi connectivity index (χ0) is 13.1. The number of aromatic amines is 1. The molecule has 3 rings (SSSR count). The molecule has 0 spiro atoms. The molecule has 1 aliphatic carbocycles. The van der Waals surface area contributed by atoms with Crippen LogP contribution in [0.25, 0.3) is 0 Å². The predicted octanol–water partition coefficient (Wildman–Crippen LogP) is 1.76. The summed E-state index contributed by atoms with van der Waals surface area (Å²) in [4.78, 5) is 4.48. The van der Waals surface area contributed by atoms with Gasteiger partial charge in [0.2, 0.25) is 5.16 Å². The van der Waals surface area contributed by atoms with Gasteiger partial charge < -0.3 is 0 Å². The van der Waals surface area contributed by atoms with E-state index >= 15 is 0 Å². The molecule has 1 fully saturated rings. The van der Waals surface area contributed by atoms with Gasteiger partial charge in [0.05, 0.1) is 5.75 Å². The first-order valence-corrected chi connectivity index (χ1v) is 7.65. The number of hydrogen-bond donors (Lipinski definition) is 1. The number of aromatic nitrogens is 7. The van der Waals surface area contributed by atoms with Crippen LogP contribution in [0, 0.1) is 0 Å². The second-order valence-corrected chi connectivity index (χ2v) is 5.68. The molecule has 0 bridgehead atoms. The van der Waals surface area contributed by atoms with E-state index in [1.54, 1.807) is 11.8 Å². The van der Waals surface area contributed by atoms with Gasteiger partial charge in [-0.1, -0.05) is 25.1 Å². The fourth-order valence-electron chi connectivity index (χ4n) is 1.80. The van der Waals surface area contributed by atoms with Crippen LogP contribution in [0.15, 0.2) is 5.16 Å². The Morgan fingerprint density at radius 1 is 1.42 bits per heavy atom. The van der Waals surface area contributed by atoms with Crippen LogP contribution in [0.3, 0.4) is 0 Å². The summed E-state index contributed by atoms with van der Waals surface area (Å²) in [5, 5.41) is 19.8. The Balaban J connectivity index is 1.57. The van der Waals surface area contributed by atoms with Crippen molar-refractivity contribution < 1.29 is 0 Å². The monoisotopic (exact) mass is 279 g/mol. The summed E-state index contributed by atoms with van der Waals surface area (Å²) in [6.45, 7) is 3.03. The average molecular weight is 279 g/mol. The van der Waals surface area contributed by atoms with Gasteiger partial charge in [0, 0.05) is 12.5 Å². The zero-order valence-electron chi connectivity index (χ0n) is 10.9. The molecule has 0 unspecified atom stereocenters. The Hall–Kier alpha value is -1.44. The first-order valence-electron chi connectivity index (χ1n) is 6.67.